The lowest BCUT2D eigenvalue weighted by Crippen LogP contribution is -2.36. The SMILES string of the molecule is CC(C)(C)OC(=O)N1CC[C@H](Oc2ccc(CCCc3coc4ccc(C#N)cc34)cc2)C1. The fraction of sp³-hybridized carbons (Fsp3) is 0.407. The summed E-state index contributed by atoms with van der Waals surface area (Å²) >= 11 is 0. The number of benzene rings is 2. The fourth-order valence-corrected chi connectivity index (χ4v) is 4.07. The Kier molecular flexibility index (Phi) is 6.60. The Morgan fingerprint density at radius 3 is 2.70 bits per heavy atom. The van der Waals surface area contributed by atoms with Crippen molar-refractivity contribution >= 4 is 17.1 Å². The standard InChI is InChI=1S/C27H30N2O4/c1-27(2,3)33-26(30)29-14-13-23(17-29)32-22-10-7-19(8-11-22)5-4-6-21-18-31-25-12-9-20(16-28)15-24(21)25/h7-12,15,18,23H,4-6,13-14,17H2,1-3H3/t23-/m0/s1. The van der Waals surface area contributed by atoms with Gasteiger partial charge in [-0.25, -0.2) is 4.79 Å². The molecule has 6 heteroatoms. The zero-order chi connectivity index (χ0) is 23.4. The summed E-state index contributed by atoms with van der Waals surface area (Å²) in [6.45, 7) is 6.81. The molecule has 2 heterocycles. The predicted octanol–water partition coefficient (Wildman–Crippen LogP) is 5.87. The van der Waals surface area contributed by atoms with Crippen molar-refractivity contribution in [2.24, 2.45) is 0 Å². The third-order valence-corrected chi connectivity index (χ3v) is 5.72. The van der Waals surface area contributed by atoms with Gasteiger partial charge in [-0.3, -0.25) is 0 Å². The molecule has 1 aliphatic rings. The Morgan fingerprint density at radius 2 is 1.97 bits per heavy atom. The van der Waals surface area contributed by atoms with Gasteiger partial charge < -0.3 is 18.8 Å². The predicted molar refractivity (Wildman–Crippen MR) is 126 cm³/mol. The molecular weight excluding hydrogens is 416 g/mol. The molecule has 1 aromatic heterocycles. The van der Waals surface area contributed by atoms with Gasteiger partial charge in [-0.05, 0) is 81.5 Å². The van der Waals surface area contributed by atoms with E-state index in [0.717, 1.165) is 48.0 Å². The van der Waals surface area contributed by atoms with E-state index in [4.69, 9.17) is 19.2 Å². The molecule has 1 fully saturated rings. The van der Waals surface area contributed by atoms with Gasteiger partial charge in [0.2, 0.25) is 0 Å². The highest BCUT2D eigenvalue weighted by atomic mass is 16.6. The molecular formula is C27H30N2O4. The van der Waals surface area contributed by atoms with Crippen molar-refractivity contribution in [3.63, 3.8) is 0 Å². The lowest BCUT2D eigenvalue weighted by molar-refractivity contribution is 0.0275. The molecule has 6 nitrogen and oxygen atoms in total. The molecule has 33 heavy (non-hydrogen) atoms. The van der Waals surface area contributed by atoms with Gasteiger partial charge in [0.05, 0.1) is 24.4 Å². The van der Waals surface area contributed by atoms with Crippen molar-refractivity contribution < 1.29 is 18.7 Å². The first-order chi connectivity index (χ1) is 15.8. The third kappa shape index (κ3) is 5.87. The van der Waals surface area contributed by atoms with E-state index in [2.05, 4.69) is 18.2 Å². The smallest absolute Gasteiger partial charge is 0.410 e. The number of carbonyl (C=O) groups excluding carboxylic acids is 1. The van der Waals surface area contributed by atoms with Crippen LogP contribution in [-0.2, 0) is 17.6 Å². The maximum atomic E-state index is 12.2. The maximum absolute atomic E-state index is 12.2. The van der Waals surface area contributed by atoms with E-state index in [0.29, 0.717) is 18.7 Å². The molecule has 1 saturated heterocycles. The summed E-state index contributed by atoms with van der Waals surface area (Å²) in [5.74, 6) is 0.819. The van der Waals surface area contributed by atoms with E-state index in [1.165, 1.54) is 5.56 Å². The maximum Gasteiger partial charge on any atom is 0.410 e. The first-order valence-electron chi connectivity index (χ1n) is 11.4. The second kappa shape index (κ2) is 9.58. The summed E-state index contributed by atoms with van der Waals surface area (Å²) in [5, 5.41) is 10.1. The first-order valence-corrected chi connectivity index (χ1v) is 11.4. The zero-order valence-corrected chi connectivity index (χ0v) is 19.5. The van der Waals surface area contributed by atoms with Crippen molar-refractivity contribution in [3.05, 3.63) is 65.4 Å². The van der Waals surface area contributed by atoms with Gasteiger partial charge in [0, 0.05) is 18.4 Å². The van der Waals surface area contributed by atoms with Crippen molar-refractivity contribution in [1.29, 1.82) is 5.26 Å². The number of aryl methyl sites for hydroxylation is 2. The number of furan rings is 1. The van der Waals surface area contributed by atoms with Crippen LogP contribution in [0.4, 0.5) is 4.79 Å². The number of hydrogen-bond donors (Lipinski definition) is 0. The molecule has 0 radical (unpaired) electrons. The number of ether oxygens (including phenoxy) is 2. The first kappa shape index (κ1) is 22.7. The largest absolute Gasteiger partial charge is 0.489 e. The second-order valence-electron chi connectivity index (χ2n) is 9.54. The Balaban J connectivity index is 1.26. The van der Waals surface area contributed by atoms with Crippen LogP contribution in [0.3, 0.4) is 0 Å². The summed E-state index contributed by atoms with van der Waals surface area (Å²) in [7, 11) is 0. The lowest BCUT2D eigenvalue weighted by atomic mass is 10.0. The number of rotatable bonds is 6. The average Bonchev–Trinajstić information content (AvgIpc) is 3.41. The van der Waals surface area contributed by atoms with E-state index in [1.807, 2.05) is 45.0 Å². The highest BCUT2D eigenvalue weighted by Gasteiger charge is 2.30. The van der Waals surface area contributed by atoms with Gasteiger partial charge in [-0.2, -0.15) is 5.26 Å². The summed E-state index contributed by atoms with van der Waals surface area (Å²) in [6, 6.07) is 15.9. The van der Waals surface area contributed by atoms with Gasteiger partial charge >= 0.3 is 6.09 Å². The van der Waals surface area contributed by atoms with Crippen molar-refractivity contribution in [2.45, 2.75) is 58.2 Å². The summed E-state index contributed by atoms with van der Waals surface area (Å²) in [5.41, 5.74) is 3.36. The molecule has 4 rings (SSSR count). The number of hydrogen-bond acceptors (Lipinski definition) is 5. The lowest BCUT2D eigenvalue weighted by Gasteiger charge is -2.24. The average molecular weight is 447 g/mol. The van der Waals surface area contributed by atoms with Gasteiger partial charge in [0.1, 0.15) is 23.0 Å². The number of amides is 1. The highest BCUT2D eigenvalue weighted by Crippen LogP contribution is 2.25. The topological polar surface area (TPSA) is 75.7 Å². The second-order valence-corrected chi connectivity index (χ2v) is 9.54. The Morgan fingerprint density at radius 1 is 1.18 bits per heavy atom. The van der Waals surface area contributed by atoms with Crippen molar-refractivity contribution in [1.82, 2.24) is 4.90 Å². The van der Waals surface area contributed by atoms with Crippen LogP contribution in [-0.4, -0.2) is 35.8 Å². The minimum atomic E-state index is -0.490. The molecule has 0 saturated carbocycles. The van der Waals surface area contributed by atoms with E-state index >= 15 is 0 Å². The Labute approximate surface area is 194 Å². The fourth-order valence-electron chi connectivity index (χ4n) is 4.07. The Bertz CT molecular complexity index is 1150. The van der Waals surface area contributed by atoms with Crippen LogP contribution < -0.4 is 4.74 Å². The van der Waals surface area contributed by atoms with E-state index in [9.17, 15) is 4.79 Å². The highest BCUT2D eigenvalue weighted by molar-refractivity contribution is 5.82. The number of carbonyl (C=O) groups is 1. The van der Waals surface area contributed by atoms with Crippen LogP contribution in [0.15, 0.2) is 53.1 Å². The van der Waals surface area contributed by atoms with Crippen molar-refractivity contribution in [3.8, 4) is 11.8 Å². The summed E-state index contributed by atoms with van der Waals surface area (Å²) in [4.78, 5) is 13.9. The normalized spacial score (nSPS) is 16.1. The van der Waals surface area contributed by atoms with Crippen LogP contribution in [0.5, 0.6) is 5.75 Å². The molecule has 0 unspecified atom stereocenters. The van der Waals surface area contributed by atoms with Gasteiger partial charge in [-0.15, -0.1) is 0 Å². The molecule has 0 bridgehead atoms. The van der Waals surface area contributed by atoms with Crippen LogP contribution in [0.1, 0.15) is 50.3 Å². The molecule has 0 N–H and O–H groups in total. The molecule has 172 valence electrons. The van der Waals surface area contributed by atoms with E-state index in [1.54, 1.807) is 17.2 Å². The van der Waals surface area contributed by atoms with Gasteiger partial charge in [0.25, 0.3) is 0 Å². The number of nitriles is 1. The molecule has 1 amide bonds. The van der Waals surface area contributed by atoms with Crippen LogP contribution in [0.25, 0.3) is 11.0 Å². The van der Waals surface area contributed by atoms with E-state index in [-0.39, 0.29) is 12.2 Å². The van der Waals surface area contributed by atoms with E-state index < -0.39 is 5.60 Å². The molecule has 0 aliphatic carbocycles. The Hall–Kier alpha value is -3.46. The van der Waals surface area contributed by atoms with Crippen molar-refractivity contribution in [2.75, 3.05) is 13.1 Å². The van der Waals surface area contributed by atoms with Crippen LogP contribution >= 0.6 is 0 Å². The summed E-state index contributed by atoms with van der Waals surface area (Å²) < 4.78 is 17.2. The van der Waals surface area contributed by atoms with Gasteiger partial charge in [-0.1, -0.05) is 12.1 Å². The van der Waals surface area contributed by atoms with Gasteiger partial charge in [0.15, 0.2) is 0 Å². The molecule has 2 aromatic carbocycles. The minimum absolute atomic E-state index is 0.0176. The quantitative estimate of drug-likeness (QED) is 0.473. The summed E-state index contributed by atoms with van der Waals surface area (Å²) in [6.07, 6.45) is 5.12. The number of likely N-dealkylation sites (tertiary alicyclic amines) is 1. The molecule has 0 spiro atoms. The number of fused-ring (bicyclic) bond motifs is 1. The van der Waals surface area contributed by atoms with Crippen LogP contribution in [0, 0.1) is 11.3 Å². The molecule has 3 aromatic rings. The van der Waals surface area contributed by atoms with Crippen LogP contribution in [0.2, 0.25) is 0 Å². The molecule has 1 atom stereocenters. The zero-order valence-electron chi connectivity index (χ0n) is 19.5. The molecule has 1 aliphatic heterocycles. The monoisotopic (exact) mass is 446 g/mol. The third-order valence-electron chi connectivity index (χ3n) is 5.72. The minimum Gasteiger partial charge on any atom is -0.489 e. The number of nitrogens with zero attached hydrogens (tertiary/aromatic N) is 2.